The monoisotopic (exact) mass is 290 g/mol. The van der Waals surface area contributed by atoms with E-state index in [0.717, 1.165) is 15.7 Å². The zero-order valence-corrected chi connectivity index (χ0v) is 10.2. The van der Waals surface area contributed by atoms with E-state index in [4.69, 9.17) is 5.84 Å². The van der Waals surface area contributed by atoms with Gasteiger partial charge >= 0.3 is 0 Å². The average molecular weight is 291 g/mol. The molecule has 2 aromatic heterocycles. The average Bonchev–Trinajstić information content (AvgIpc) is 2.80. The second kappa shape index (κ2) is 4.45. The summed E-state index contributed by atoms with van der Waals surface area (Å²) in [4.78, 5) is 0. The molecule has 0 aromatic carbocycles. The molecule has 0 aliphatic heterocycles. The number of thiophene rings is 1. The molecule has 2 heterocycles. The normalized spacial score (nSPS) is 13.0. The molecule has 0 saturated carbocycles. The zero-order chi connectivity index (χ0) is 9.97. The van der Waals surface area contributed by atoms with E-state index in [-0.39, 0.29) is 6.04 Å². The van der Waals surface area contributed by atoms with E-state index in [1.807, 2.05) is 10.8 Å². The van der Waals surface area contributed by atoms with Crippen molar-refractivity contribution in [1.29, 1.82) is 0 Å². The molecule has 4 nitrogen and oxygen atoms in total. The summed E-state index contributed by atoms with van der Waals surface area (Å²) in [6.07, 6.45) is 1.72. The van der Waals surface area contributed by atoms with Crippen molar-refractivity contribution in [3.05, 3.63) is 32.7 Å². The molecule has 1 unspecified atom stereocenters. The maximum Gasteiger partial charge on any atom is 0.0971 e. The van der Waals surface area contributed by atoms with Crippen LogP contribution in [0.2, 0.25) is 0 Å². The molecule has 14 heavy (non-hydrogen) atoms. The molecule has 74 valence electrons. The van der Waals surface area contributed by atoms with Crippen molar-refractivity contribution in [1.82, 2.24) is 14.2 Å². The van der Waals surface area contributed by atoms with Crippen LogP contribution >= 0.6 is 39.0 Å². The summed E-state index contributed by atoms with van der Waals surface area (Å²) >= 11 is 6.26. The minimum atomic E-state index is -0.0885. The summed E-state index contributed by atoms with van der Waals surface area (Å²) in [6, 6.07) is -0.0885. The van der Waals surface area contributed by atoms with Crippen molar-refractivity contribution < 1.29 is 0 Å². The maximum absolute atomic E-state index is 5.49. The molecular formula is C7H7BrN4S2. The van der Waals surface area contributed by atoms with Gasteiger partial charge in [-0.15, -0.1) is 0 Å². The number of nitrogens with two attached hydrogens (primary N) is 1. The van der Waals surface area contributed by atoms with Gasteiger partial charge in [-0.25, -0.2) is 5.43 Å². The molecule has 0 radical (unpaired) electrons. The third-order valence-electron chi connectivity index (χ3n) is 1.79. The molecule has 0 saturated heterocycles. The predicted molar refractivity (Wildman–Crippen MR) is 61.1 cm³/mol. The molecule has 0 spiro atoms. The van der Waals surface area contributed by atoms with E-state index < -0.39 is 0 Å². The van der Waals surface area contributed by atoms with Crippen LogP contribution in [0.3, 0.4) is 0 Å². The highest BCUT2D eigenvalue weighted by Gasteiger charge is 2.18. The van der Waals surface area contributed by atoms with Crippen molar-refractivity contribution >= 4 is 39.0 Å². The van der Waals surface area contributed by atoms with E-state index in [1.165, 1.54) is 11.7 Å². The van der Waals surface area contributed by atoms with E-state index in [2.05, 4.69) is 30.1 Å². The second-order valence-electron chi connectivity index (χ2n) is 2.61. The Kier molecular flexibility index (Phi) is 3.24. The first kappa shape index (κ1) is 10.2. The van der Waals surface area contributed by atoms with Crippen LogP contribution in [-0.2, 0) is 0 Å². The fourth-order valence-corrected chi connectivity index (χ4v) is 3.13. The topological polar surface area (TPSA) is 63.8 Å². The Morgan fingerprint density at radius 2 is 2.36 bits per heavy atom. The van der Waals surface area contributed by atoms with E-state index >= 15 is 0 Å². The number of hydrogen-bond acceptors (Lipinski definition) is 6. The molecule has 0 amide bonds. The smallest absolute Gasteiger partial charge is 0.0971 e. The predicted octanol–water partition coefficient (Wildman–Crippen LogP) is 1.91. The second-order valence-corrected chi connectivity index (χ2v) is 4.76. The number of aromatic nitrogens is 2. The fraction of sp³-hybridized carbons (Fsp3) is 0.143. The van der Waals surface area contributed by atoms with Gasteiger partial charge in [0.25, 0.3) is 0 Å². The summed E-state index contributed by atoms with van der Waals surface area (Å²) in [6.45, 7) is 0. The van der Waals surface area contributed by atoms with Gasteiger partial charge in [0.1, 0.15) is 0 Å². The lowest BCUT2D eigenvalue weighted by Crippen LogP contribution is -2.28. The Bertz CT molecular complexity index is 399. The highest BCUT2D eigenvalue weighted by molar-refractivity contribution is 9.10. The molecule has 0 aliphatic rings. The van der Waals surface area contributed by atoms with E-state index in [0.29, 0.717) is 0 Å². The SMILES string of the molecule is NNC(c1cnsn1)c1cscc1Br. The van der Waals surface area contributed by atoms with Crippen LogP contribution in [0.5, 0.6) is 0 Å². The van der Waals surface area contributed by atoms with Gasteiger partial charge < -0.3 is 0 Å². The Labute approximate surface area is 97.6 Å². The lowest BCUT2D eigenvalue weighted by Gasteiger charge is -2.11. The number of halogens is 1. The Hall–Kier alpha value is -0.340. The largest absolute Gasteiger partial charge is 0.271 e. The highest BCUT2D eigenvalue weighted by Crippen LogP contribution is 2.30. The van der Waals surface area contributed by atoms with Crippen LogP contribution in [0.15, 0.2) is 21.4 Å². The standard InChI is InChI=1S/C7H7BrN4S2/c8-5-3-13-2-4(5)7(11-9)6-1-10-14-12-6/h1-3,7,11H,9H2. The summed E-state index contributed by atoms with van der Waals surface area (Å²) < 4.78 is 9.15. The van der Waals surface area contributed by atoms with E-state index in [1.54, 1.807) is 17.5 Å². The molecule has 0 bridgehead atoms. The molecule has 0 fully saturated rings. The highest BCUT2D eigenvalue weighted by atomic mass is 79.9. The Morgan fingerprint density at radius 1 is 1.50 bits per heavy atom. The minimum Gasteiger partial charge on any atom is -0.271 e. The summed E-state index contributed by atoms with van der Waals surface area (Å²) in [5, 5.41) is 4.05. The van der Waals surface area contributed by atoms with Crippen molar-refractivity contribution in [2.24, 2.45) is 5.84 Å². The lowest BCUT2D eigenvalue weighted by atomic mass is 10.1. The van der Waals surface area contributed by atoms with Crippen LogP contribution in [0.1, 0.15) is 17.3 Å². The van der Waals surface area contributed by atoms with Gasteiger partial charge in [-0.1, -0.05) is 0 Å². The van der Waals surface area contributed by atoms with Crippen LogP contribution in [0, 0.1) is 0 Å². The van der Waals surface area contributed by atoms with Crippen LogP contribution in [0.25, 0.3) is 0 Å². The van der Waals surface area contributed by atoms with Crippen molar-refractivity contribution in [3.63, 3.8) is 0 Å². The first-order valence-corrected chi connectivity index (χ1v) is 6.24. The number of nitrogens with one attached hydrogen (secondary N) is 1. The van der Waals surface area contributed by atoms with Gasteiger partial charge in [0.05, 0.1) is 29.7 Å². The number of nitrogens with zero attached hydrogens (tertiary/aromatic N) is 2. The zero-order valence-electron chi connectivity index (χ0n) is 6.98. The van der Waals surface area contributed by atoms with Crippen molar-refractivity contribution in [2.45, 2.75) is 6.04 Å². The molecule has 0 aliphatic carbocycles. The van der Waals surface area contributed by atoms with Gasteiger partial charge in [0.15, 0.2) is 0 Å². The van der Waals surface area contributed by atoms with Crippen molar-refractivity contribution in [3.8, 4) is 0 Å². The molecule has 2 rings (SSSR count). The van der Waals surface area contributed by atoms with E-state index in [9.17, 15) is 0 Å². The number of rotatable bonds is 3. The Balaban J connectivity index is 2.36. The molecule has 2 aromatic rings. The first-order chi connectivity index (χ1) is 6.83. The third-order valence-corrected chi connectivity index (χ3v) is 4.04. The lowest BCUT2D eigenvalue weighted by molar-refractivity contribution is 0.625. The summed E-state index contributed by atoms with van der Waals surface area (Å²) in [7, 11) is 0. The summed E-state index contributed by atoms with van der Waals surface area (Å²) in [5.41, 5.74) is 4.66. The number of hydrogen-bond donors (Lipinski definition) is 2. The quantitative estimate of drug-likeness (QED) is 0.670. The van der Waals surface area contributed by atoms with Crippen LogP contribution in [0.4, 0.5) is 0 Å². The van der Waals surface area contributed by atoms with Crippen LogP contribution in [-0.4, -0.2) is 8.75 Å². The Morgan fingerprint density at radius 3 is 2.86 bits per heavy atom. The molecule has 1 atom stereocenters. The molecule has 3 N–H and O–H groups in total. The molecular weight excluding hydrogens is 284 g/mol. The number of hydrazine groups is 1. The third kappa shape index (κ3) is 1.86. The summed E-state index contributed by atoms with van der Waals surface area (Å²) in [5.74, 6) is 5.49. The first-order valence-electron chi connectivity index (χ1n) is 3.78. The van der Waals surface area contributed by atoms with Crippen LogP contribution < -0.4 is 11.3 Å². The van der Waals surface area contributed by atoms with Gasteiger partial charge in [0, 0.05) is 15.4 Å². The maximum atomic E-state index is 5.49. The minimum absolute atomic E-state index is 0.0885. The van der Waals surface area contributed by atoms with Crippen molar-refractivity contribution in [2.75, 3.05) is 0 Å². The van der Waals surface area contributed by atoms with Gasteiger partial charge in [0.2, 0.25) is 0 Å². The van der Waals surface area contributed by atoms with Gasteiger partial charge in [-0.2, -0.15) is 20.1 Å². The van der Waals surface area contributed by atoms with Gasteiger partial charge in [-0.05, 0) is 21.3 Å². The van der Waals surface area contributed by atoms with Gasteiger partial charge in [-0.3, -0.25) is 5.84 Å². The fourth-order valence-electron chi connectivity index (χ4n) is 1.13. The molecule has 7 heteroatoms.